The van der Waals surface area contributed by atoms with Crippen LogP contribution in [0.5, 0.6) is 0 Å². The second-order valence-electron chi connectivity index (χ2n) is 10.3. The number of hydrogen-bond donors (Lipinski definition) is 1. The molecule has 1 saturated heterocycles. The van der Waals surface area contributed by atoms with Gasteiger partial charge in [0.25, 0.3) is 0 Å². The Hall–Kier alpha value is -3.52. The summed E-state index contributed by atoms with van der Waals surface area (Å²) in [7, 11) is 5.51. The molecule has 1 aromatic heterocycles. The van der Waals surface area contributed by atoms with Crippen LogP contribution in [0.1, 0.15) is 40.9 Å². The van der Waals surface area contributed by atoms with E-state index in [1.807, 2.05) is 63.2 Å². The molecule has 1 aliphatic rings. The Labute approximate surface area is 212 Å². The molecular formula is C28H35N5O3. The maximum atomic E-state index is 13.8. The molecule has 1 aliphatic heterocycles. The fraction of sp³-hybridized carbons (Fsp3) is 0.429. The highest BCUT2D eigenvalue weighted by Crippen LogP contribution is 2.41. The smallest absolute Gasteiger partial charge is 0.240 e. The zero-order chi connectivity index (χ0) is 26.2. The number of carbonyl (C=O) groups is 3. The number of benzene rings is 2. The molecule has 0 saturated carbocycles. The van der Waals surface area contributed by atoms with Crippen molar-refractivity contribution in [2.75, 3.05) is 34.2 Å². The number of hydrogen-bond acceptors (Lipinski definition) is 5. The zero-order valence-electron chi connectivity index (χ0n) is 22.0. The van der Waals surface area contributed by atoms with Gasteiger partial charge in [-0.05, 0) is 69.3 Å². The summed E-state index contributed by atoms with van der Waals surface area (Å²) >= 11 is 0. The number of aromatic nitrogens is 2. The number of fused-ring (bicyclic) bond motifs is 1. The molecule has 8 heteroatoms. The predicted molar refractivity (Wildman–Crippen MR) is 139 cm³/mol. The lowest BCUT2D eigenvalue weighted by molar-refractivity contribution is -0.142. The van der Waals surface area contributed by atoms with Gasteiger partial charge in [-0.1, -0.05) is 24.3 Å². The molecule has 190 valence electrons. The topological polar surface area (TPSA) is 89.6 Å². The van der Waals surface area contributed by atoms with E-state index in [1.165, 1.54) is 10.5 Å². The Balaban J connectivity index is 1.61. The first-order valence-corrected chi connectivity index (χ1v) is 12.3. The number of rotatable bonds is 8. The van der Waals surface area contributed by atoms with Gasteiger partial charge in [0.2, 0.25) is 17.7 Å². The van der Waals surface area contributed by atoms with Crippen molar-refractivity contribution in [1.29, 1.82) is 0 Å². The second kappa shape index (κ2) is 9.85. The molecule has 3 amide bonds. The van der Waals surface area contributed by atoms with Gasteiger partial charge in [-0.3, -0.25) is 19.3 Å². The minimum absolute atomic E-state index is 0.00706. The monoisotopic (exact) mass is 489 g/mol. The molecule has 0 radical (unpaired) electrons. The Morgan fingerprint density at radius 1 is 1.06 bits per heavy atom. The largest absolute Gasteiger partial charge is 0.340 e. The Bertz CT molecular complexity index is 1290. The number of nitrogens with one attached hydrogen (secondary N) is 1. The maximum Gasteiger partial charge on any atom is 0.240 e. The van der Waals surface area contributed by atoms with E-state index in [2.05, 4.69) is 23.0 Å². The minimum atomic E-state index is -1.21. The summed E-state index contributed by atoms with van der Waals surface area (Å²) in [5.41, 5.74) is 4.55. The maximum absolute atomic E-state index is 13.8. The number of carbonyl (C=O) groups excluding carboxylic acids is 3. The van der Waals surface area contributed by atoms with E-state index in [1.54, 1.807) is 11.9 Å². The van der Waals surface area contributed by atoms with Crippen molar-refractivity contribution in [3.8, 4) is 0 Å². The summed E-state index contributed by atoms with van der Waals surface area (Å²) < 4.78 is 0. The van der Waals surface area contributed by atoms with Crippen molar-refractivity contribution in [2.24, 2.45) is 0 Å². The number of imidazole rings is 1. The van der Waals surface area contributed by atoms with E-state index < -0.39 is 5.41 Å². The van der Waals surface area contributed by atoms with Crippen LogP contribution in [-0.4, -0.2) is 76.6 Å². The van der Waals surface area contributed by atoms with Crippen LogP contribution in [0.4, 0.5) is 0 Å². The van der Waals surface area contributed by atoms with Crippen LogP contribution in [-0.2, 0) is 26.3 Å². The fourth-order valence-corrected chi connectivity index (χ4v) is 4.98. The Morgan fingerprint density at radius 3 is 2.44 bits per heavy atom. The number of nitrogens with zero attached hydrogens (tertiary/aromatic N) is 4. The molecule has 8 nitrogen and oxygen atoms in total. The van der Waals surface area contributed by atoms with Gasteiger partial charge in [0, 0.05) is 33.0 Å². The number of likely N-dealkylation sites (tertiary alicyclic amines) is 1. The summed E-state index contributed by atoms with van der Waals surface area (Å²) in [6.07, 6.45) is -0.0806. The van der Waals surface area contributed by atoms with E-state index in [4.69, 9.17) is 0 Å². The van der Waals surface area contributed by atoms with Gasteiger partial charge in [-0.25, -0.2) is 4.98 Å². The first-order valence-electron chi connectivity index (χ1n) is 12.3. The average Bonchev–Trinajstić information content (AvgIpc) is 3.29. The molecule has 0 aliphatic carbocycles. The van der Waals surface area contributed by atoms with Crippen LogP contribution < -0.4 is 0 Å². The van der Waals surface area contributed by atoms with Gasteiger partial charge in [0.15, 0.2) is 0 Å². The molecular weight excluding hydrogens is 454 g/mol. The highest BCUT2D eigenvalue weighted by atomic mass is 16.2. The molecule has 0 unspecified atom stereocenters. The Kier molecular flexibility index (Phi) is 7.00. The fourth-order valence-electron chi connectivity index (χ4n) is 4.98. The Morgan fingerprint density at radius 2 is 1.75 bits per heavy atom. The highest BCUT2D eigenvalue weighted by molar-refractivity contribution is 6.11. The van der Waals surface area contributed by atoms with Crippen LogP contribution in [0, 0.1) is 20.8 Å². The lowest BCUT2D eigenvalue weighted by Gasteiger charge is -2.30. The molecule has 1 fully saturated rings. The number of likely N-dealkylation sites (N-methyl/N-ethyl adjacent to an activating group) is 1. The highest BCUT2D eigenvalue weighted by Gasteiger charge is 2.54. The first-order chi connectivity index (χ1) is 17.0. The van der Waals surface area contributed by atoms with E-state index in [-0.39, 0.29) is 37.1 Å². The van der Waals surface area contributed by atoms with Crippen LogP contribution in [0.25, 0.3) is 11.0 Å². The number of aryl methyl sites for hydroxylation is 3. The molecule has 2 heterocycles. The number of amides is 3. The minimum Gasteiger partial charge on any atom is -0.340 e. The van der Waals surface area contributed by atoms with Crippen molar-refractivity contribution in [3.05, 3.63) is 64.5 Å². The third kappa shape index (κ3) is 4.78. The van der Waals surface area contributed by atoms with E-state index >= 15 is 0 Å². The third-order valence-corrected chi connectivity index (χ3v) is 7.25. The number of imide groups is 1. The van der Waals surface area contributed by atoms with Gasteiger partial charge in [0.1, 0.15) is 5.82 Å². The van der Waals surface area contributed by atoms with Crippen molar-refractivity contribution >= 4 is 28.8 Å². The lowest BCUT2D eigenvalue weighted by atomic mass is 9.74. The van der Waals surface area contributed by atoms with E-state index in [0.29, 0.717) is 18.9 Å². The van der Waals surface area contributed by atoms with Crippen LogP contribution in [0.3, 0.4) is 0 Å². The molecule has 0 spiro atoms. The van der Waals surface area contributed by atoms with Crippen molar-refractivity contribution in [1.82, 2.24) is 24.7 Å². The van der Waals surface area contributed by atoms with Crippen LogP contribution in [0.15, 0.2) is 36.4 Å². The lowest BCUT2D eigenvalue weighted by Crippen LogP contribution is -2.44. The standard InChI is InChI=1S/C28H35N5O3/c1-18-9-7-8-10-21(18)28(16-26(35)33(27(28)36)12-11-31(4)5)15-25(34)32(6)17-24-29-22-13-19(2)20(3)14-23(22)30-24/h7-10,13-14H,11-12,15-17H2,1-6H3,(H,29,30)/t28-/m1/s1. The molecule has 3 aromatic rings. The zero-order valence-corrected chi connectivity index (χ0v) is 22.0. The molecule has 0 bridgehead atoms. The van der Waals surface area contributed by atoms with Gasteiger partial charge in [-0.2, -0.15) is 0 Å². The SMILES string of the molecule is Cc1cc2nc(CN(C)C(=O)C[C@]3(c4ccccc4C)CC(=O)N(CCN(C)C)C3=O)[nH]c2cc1C. The summed E-state index contributed by atoms with van der Waals surface area (Å²) in [6, 6.07) is 11.6. The molecule has 2 aromatic carbocycles. The van der Waals surface area contributed by atoms with Crippen LogP contribution in [0.2, 0.25) is 0 Å². The quantitative estimate of drug-likeness (QED) is 0.491. The second-order valence-corrected chi connectivity index (χ2v) is 10.3. The average molecular weight is 490 g/mol. The molecule has 1 atom stereocenters. The summed E-state index contributed by atoms with van der Waals surface area (Å²) in [6.45, 7) is 7.18. The van der Waals surface area contributed by atoms with Gasteiger partial charge >= 0.3 is 0 Å². The van der Waals surface area contributed by atoms with Gasteiger partial charge in [0.05, 0.1) is 23.0 Å². The number of aromatic amines is 1. The summed E-state index contributed by atoms with van der Waals surface area (Å²) in [5.74, 6) is -0.0532. The van der Waals surface area contributed by atoms with Crippen molar-refractivity contribution in [3.63, 3.8) is 0 Å². The normalized spacial score (nSPS) is 18.0. The first kappa shape index (κ1) is 25.6. The van der Waals surface area contributed by atoms with Gasteiger partial charge < -0.3 is 14.8 Å². The third-order valence-electron chi connectivity index (χ3n) is 7.25. The summed E-state index contributed by atoms with van der Waals surface area (Å²) in [4.78, 5) is 53.2. The number of H-pyrrole nitrogens is 1. The van der Waals surface area contributed by atoms with Crippen molar-refractivity contribution in [2.45, 2.75) is 45.6 Å². The van der Waals surface area contributed by atoms with E-state index in [0.717, 1.165) is 27.7 Å². The van der Waals surface area contributed by atoms with E-state index in [9.17, 15) is 14.4 Å². The molecule has 36 heavy (non-hydrogen) atoms. The summed E-state index contributed by atoms with van der Waals surface area (Å²) in [5, 5.41) is 0. The van der Waals surface area contributed by atoms with Crippen molar-refractivity contribution < 1.29 is 14.4 Å². The molecule has 4 rings (SSSR count). The molecule has 1 N–H and O–H groups in total. The predicted octanol–water partition coefficient (Wildman–Crippen LogP) is 3.10. The van der Waals surface area contributed by atoms with Crippen LogP contribution >= 0.6 is 0 Å². The van der Waals surface area contributed by atoms with Gasteiger partial charge in [-0.15, -0.1) is 0 Å².